The highest BCUT2D eigenvalue weighted by molar-refractivity contribution is 6.12. The Morgan fingerprint density at radius 1 is 1.24 bits per heavy atom. The molecule has 1 fully saturated rings. The van der Waals surface area contributed by atoms with Gasteiger partial charge in [0.2, 0.25) is 0 Å². The average molecular weight is 517 g/mol. The number of aliphatic hydroxyl groups excluding tert-OH is 1. The molecule has 37 heavy (non-hydrogen) atoms. The van der Waals surface area contributed by atoms with E-state index in [1.165, 1.54) is 6.07 Å². The maximum atomic E-state index is 12.7. The predicted molar refractivity (Wildman–Crippen MR) is 131 cm³/mol. The molecule has 1 aliphatic rings. The summed E-state index contributed by atoms with van der Waals surface area (Å²) in [7, 11) is 1.00. The lowest BCUT2D eigenvalue weighted by Crippen LogP contribution is -2.32. The summed E-state index contributed by atoms with van der Waals surface area (Å²) in [6.07, 6.45) is 0.0632. The second kappa shape index (κ2) is 13.3. The minimum Gasteiger partial charge on any atom is -0.400 e. The van der Waals surface area contributed by atoms with Crippen molar-refractivity contribution < 1.29 is 23.3 Å². The maximum Gasteiger partial charge on any atom is 0.433 e. The average Bonchev–Trinajstić information content (AvgIpc) is 2.89. The van der Waals surface area contributed by atoms with E-state index in [1.807, 2.05) is 38.2 Å². The minimum absolute atomic E-state index is 0.00724. The van der Waals surface area contributed by atoms with Crippen molar-refractivity contribution in [1.29, 1.82) is 10.7 Å². The van der Waals surface area contributed by atoms with Crippen LogP contribution in [0.3, 0.4) is 0 Å². The van der Waals surface area contributed by atoms with Crippen LogP contribution in [0, 0.1) is 16.7 Å². The molecule has 4 rings (SSSR count). The van der Waals surface area contributed by atoms with E-state index in [-0.39, 0.29) is 29.8 Å². The van der Waals surface area contributed by atoms with Crippen molar-refractivity contribution >= 4 is 11.5 Å². The fourth-order valence-electron chi connectivity index (χ4n) is 3.80. The number of pyridine rings is 2. The normalized spacial score (nSPS) is 16.1. The summed E-state index contributed by atoms with van der Waals surface area (Å²) in [5, 5.41) is 26.9. The van der Waals surface area contributed by atoms with E-state index >= 15 is 0 Å². The number of nitriles is 1. The number of halogens is 3. The molecule has 12 heteroatoms. The second-order valence-electron chi connectivity index (χ2n) is 7.67. The molecular weight excluding hydrogens is 487 g/mol. The van der Waals surface area contributed by atoms with Gasteiger partial charge in [0.05, 0.1) is 5.92 Å². The van der Waals surface area contributed by atoms with Crippen molar-refractivity contribution in [2.24, 2.45) is 0 Å². The van der Waals surface area contributed by atoms with E-state index < -0.39 is 23.1 Å². The Hall–Kier alpha value is -4.11. The summed E-state index contributed by atoms with van der Waals surface area (Å²) in [6, 6.07) is 9.52. The van der Waals surface area contributed by atoms with E-state index in [0.29, 0.717) is 11.4 Å². The molecule has 2 unspecified atom stereocenters. The van der Waals surface area contributed by atoms with Crippen molar-refractivity contribution in [2.45, 2.75) is 51.2 Å². The van der Waals surface area contributed by atoms with Gasteiger partial charge in [-0.1, -0.05) is 26.0 Å². The molecule has 3 heterocycles. The minimum atomic E-state index is -4.54. The maximum absolute atomic E-state index is 12.7. The predicted octanol–water partition coefficient (Wildman–Crippen LogP) is 3.80. The molecule has 0 aromatic carbocycles. The SMILES string of the molecule is CC.CO.N#CC(=N)c1c(NCc2ccc(C(F)(F)F)nc2)nc(C2CCC2c2cccc[nH+]2)[nH]c1=O. The van der Waals surface area contributed by atoms with Crippen LogP contribution in [0.25, 0.3) is 0 Å². The Balaban J connectivity index is 0.00000115. The first-order chi connectivity index (χ1) is 17.8. The molecule has 3 aromatic rings. The highest BCUT2D eigenvalue weighted by Crippen LogP contribution is 2.46. The van der Waals surface area contributed by atoms with Crippen molar-refractivity contribution in [3.8, 4) is 6.07 Å². The quantitative estimate of drug-likeness (QED) is 0.366. The van der Waals surface area contributed by atoms with Gasteiger partial charge in [0.25, 0.3) is 5.56 Å². The topological polar surface area (TPSA) is 153 Å². The molecule has 0 saturated heterocycles. The van der Waals surface area contributed by atoms with Crippen LogP contribution >= 0.6 is 0 Å². The molecule has 0 aliphatic heterocycles. The lowest BCUT2D eigenvalue weighted by atomic mass is 9.71. The van der Waals surface area contributed by atoms with Gasteiger partial charge in [0, 0.05) is 37.9 Å². The van der Waals surface area contributed by atoms with Crippen molar-refractivity contribution in [1.82, 2.24) is 15.0 Å². The standard InChI is InChI=1S/C22H18F3N7O.C2H6.CH4O/c23-22(24,25)17-7-4-12(10-29-17)11-30-20-18(15(27)9-26)21(33)32-19(31-20)14-6-5-13(14)16-3-1-2-8-28-16;2*1-2/h1-4,7-8,10,13-14,27H,5-6,11H2,(H2,30,31,32,33);1-2H3;2H,1H3/p+1. The number of hydrogen-bond acceptors (Lipinski definition) is 7. The molecule has 0 amide bonds. The summed E-state index contributed by atoms with van der Waals surface area (Å²) in [5.74, 6) is 0.525. The van der Waals surface area contributed by atoms with Gasteiger partial charge in [-0.3, -0.25) is 15.2 Å². The highest BCUT2D eigenvalue weighted by atomic mass is 19.4. The zero-order valence-electron chi connectivity index (χ0n) is 20.6. The number of nitrogens with zero attached hydrogens (tertiary/aromatic N) is 3. The number of alkyl halides is 3. The van der Waals surface area contributed by atoms with Gasteiger partial charge < -0.3 is 15.4 Å². The Kier molecular flexibility index (Phi) is 10.4. The summed E-state index contributed by atoms with van der Waals surface area (Å²) in [4.78, 5) is 26.6. The van der Waals surface area contributed by atoms with Crippen LogP contribution in [0.15, 0.2) is 47.5 Å². The van der Waals surface area contributed by atoms with Gasteiger partial charge in [-0.25, -0.2) is 9.97 Å². The second-order valence-corrected chi connectivity index (χ2v) is 7.67. The molecule has 3 aromatic heterocycles. The molecule has 196 valence electrons. The first-order valence-electron chi connectivity index (χ1n) is 11.6. The highest BCUT2D eigenvalue weighted by Gasteiger charge is 2.39. The fourth-order valence-corrected chi connectivity index (χ4v) is 3.80. The molecule has 0 spiro atoms. The number of rotatable bonds is 6. The number of hydrogen-bond donors (Lipinski definition) is 4. The number of aromatic nitrogens is 4. The largest absolute Gasteiger partial charge is 0.433 e. The van der Waals surface area contributed by atoms with Gasteiger partial charge >= 0.3 is 6.18 Å². The van der Waals surface area contributed by atoms with Crippen LogP contribution in [0.5, 0.6) is 0 Å². The number of nitrogens with one attached hydrogen (secondary N) is 4. The van der Waals surface area contributed by atoms with E-state index in [4.69, 9.17) is 15.8 Å². The molecular formula is C25H29F3N7O2+. The summed E-state index contributed by atoms with van der Waals surface area (Å²) in [5.41, 5.74) is -0.990. The fraction of sp³-hybridized carbons (Fsp3) is 0.360. The van der Waals surface area contributed by atoms with E-state index in [1.54, 1.807) is 6.07 Å². The molecule has 0 bridgehead atoms. The van der Waals surface area contributed by atoms with Gasteiger partial charge in [-0.2, -0.15) is 18.4 Å². The van der Waals surface area contributed by atoms with Gasteiger partial charge in [0.1, 0.15) is 34.7 Å². The molecule has 1 saturated carbocycles. The Morgan fingerprint density at radius 2 is 1.95 bits per heavy atom. The van der Waals surface area contributed by atoms with Crippen LogP contribution in [-0.4, -0.2) is 32.9 Å². The molecule has 5 N–H and O–H groups in total. The Labute approximate surface area is 212 Å². The summed E-state index contributed by atoms with van der Waals surface area (Å²) >= 11 is 0. The van der Waals surface area contributed by atoms with Crippen molar-refractivity contribution in [3.05, 3.63) is 81.4 Å². The molecule has 2 atom stereocenters. The lowest BCUT2D eigenvalue weighted by molar-refractivity contribution is -0.395. The van der Waals surface area contributed by atoms with E-state index in [0.717, 1.165) is 37.9 Å². The van der Waals surface area contributed by atoms with Crippen LogP contribution in [0.1, 0.15) is 66.9 Å². The van der Waals surface area contributed by atoms with E-state index in [9.17, 15) is 18.0 Å². The third-order valence-corrected chi connectivity index (χ3v) is 5.63. The number of aromatic amines is 2. The Morgan fingerprint density at radius 3 is 2.46 bits per heavy atom. The Bertz CT molecular complexity index is 1270. The summed E-state index contributed by atoms with van der Waals surface area (Å²) in [6.45, 7) is 4.01. The first-order valence-corrected chi connectivity index (χ1v) is 11.6. The number of H-pyrrole nitrogens is 2. The number of anilines is 1. The van der Waals surface area contributed by atoms with Gasteiger partial charge in [-0.15, -0.1) is 0 Å². The van der Waals surface area contributed by atoms with Crippen LogP contribution in [-0.2, 0) is 12.7 Å². The first kappa shape index (κ1) is 29.1. The van der Waals surface area contributed by atoms with Crippen molar-refractivity contribution in [3.63, 3.8) is 0 Å². The van der Waals surface area contributed by atoms with Crippen LogP contribution in [0.2, 0.25) is 0 Å². The van der Waals surface area contributed by atoms with Crippen LogP contribution in [0.4, 0.5) is 19.0 Å². The van der Waals surface area contributed by atoms with Gasteiger partial charge in [-0.05, 0) is 24.5 Å². The lowest BCUT2D eigenvalue weighted by Gasteiger charge is -2.33. The van der Waals surface area contributed by atoms with Crippen molar-refractivity contribution in [2.75, 3.05) is 12.4 Å². The third kappa shape index (κ3) is 6.98. The zero-order valence-corrected chi connectivity index (χ0v) is 20.6. The smallest absolute Gasteiger partial charge is 0.400 e. The van der Waals surface area contributed by atoms with E-state index in [2.05, 4.69) is 25.3 Å². The molecule has 1 aliphatic carbocycles. The molecule has 0 radical (unpaired) electrons. The number of aliphatic hydroxyl groups is 1. The third-order valence-electron chi connectivity index (χ3n) is 5.63. The summed E-state index contributed by atoms with van der Waals surface area (Å²) < 4.78 is 38.2. The molecule has 9 nitrogen and oxygen atoms in total. The zero-order chi connectivity index (χ0) is 27.6. The monoisotopic (exact) mass is 516 g/mol. The van der Waals surface area contributed by atoms with Crippen LogP contribution < -0.4 is 15.9 Å². The van der Waals surface area contributed by atoms with Gasteiger partial charge in [0.15, 0.2) is 11.9 Å².